The van der Waals surface area contributed by atoms with Crippen LogP contribution in [0.4, 0.5) is 4.39 Å². The Labute approximate surface area is 181 Å². The summed E-state index contributed by atoms with van der Waals surface area (Å²) in [4.78, 5) is 29.3. The number of hydrogen-bond acceptors (Lipinski definition) is 7. The van der Waals surface area contributed by atoms with Crippen LogP contribution in [0.2, 0.25) is 0 Å². The van der Waals surface area contributed by atoms with Crippen LogP contribution in [0.1, 0.15) is 17.3 Å². The van der Waals surface area contributed by atoms with Gasteiger partial charge in [0.25, 0.3) is 5.91 Å². The zero-order valence-electron chi connectivity index (χ0n) is 17.4. The van der Waals surface area contributed by atoms with Gasteiger partial charge in [-0.25, -0.2) is 4.39 Å². The topological polar surface area (TPSA) is 88.4 Å². The van der Waals surface area contributed by atoms with Gasteiger partial charge in [-0.15, -0.1) is 0 Å². The minimum atomic E-state index is -0.621. The van der Waals surface area contributed by atoms with E-state index in [1.54, 1.807) is 19.1 Å². The smallest absolute Gasteiger partial charge is 0.326 e. The van der Waals surface area contributed by atoms with Gasteiger partial charge in [-0.1, -0.05) is 17.4 Å². The molecule has 1 amide bonds. The van der Waals surface area contributed by atoms with Crippen LogP contribution in [0.5, 0.6) is 17.2 Å². The Hall–Kier alpha value is -3.40. The van der Waals surface area contributed by atoms with E-state index in [0.29, 0.717) is 21.9 Å². The Kier molecular flexibility index (Phi) is 6.91. The van der Waals surface area contributed by atoms with Crippen LogP contribution in [0.25, 0.3) is 10.2 Å². The molecule has 0 spiro atoms. The van der Waals surface area contributed by atoms with Crippen LogP contribution in [-0.2, 0) is 16.1 Å². The van der Waals surface area contributed by atoms with Gasteiger partial charge in [-0.3, -0.25) is 9.59 Å². The number of carbonyl (C=O) groups excluding carboxylic acids is 2. The second-order valence-electron chi connectivity index (χ2n) is 6.19. The molecule has 0 aliphatic heterocycles. The predicted molar refractivity (Wildman–Crippen MR) is 112 cm³/mol. The minimum Gasteiger partial charge on any atom is -0.493 e. The Balaban J connectivity index is 2.15. The first kappa shape index (κ1) is 22.3. The standard InChI is InChI=1S/C21H21FN2O6S/c1-5-30-17(25)11-24-18-13(22)7-6-8-16(18)31-21(24)23-20(26)12-9-14(27-2)19(29-4)15(10-12)28-3/h6-10H,5,11H2,1-4H3. The molecular weight excluding hydrogens is 427 g/mol. The molecule has 0 N–H and O–H groups in total. The van der Waals surface area contributed by atoms with Gasteiger partial charge in [-0.05, 0) is 31.2 Å². The van der Waals surface area contributed by atoms with Gasteiger partial charge >= 0.3 is 5.97 Å². The van der Waals surface area contributed by atoms with Gasteiger partial charge < -0.3 is 23.5 Å². The number of fused-ring (bicyclic) bond motifs is 1. The SMILES string of the molecule is CCOC(=O)Cn1c(=NC(=O)c2cc(OC)c(OC)c(OC)c2)sc2cccc(F)c21. The molecule has 0 bridgehead atoms. The van der Waals surface area contributed by atoms with Crippen LogP contribution >= 0.6 is 11.3 Å². The van der Waals surface area contributed by atoms with Crippen LogP contribution in [0, 0.1) is 5.82 Å². The molecule has 0 aliphatic carbocycles. The van der Waals surface area contributed by atoms with Crippen molar-refractivity contribution in [3.63, 3.8) is 0 Å². The highest BCUT2D eigenvalue weighted by Gasteiger charge is 2.19. The molecule has 164 valence electrons. The third-order valence-electron chi connectivity index (χ3n) is 4.35. The molecule has 0 unspecified atom stereocenters. The summed E-state index contributed by atoms with van der Waals surface area (Å²) in [5.74, 6) is -0.789. The monoisotopic (exact) mass is 448 g/mol. The van der Waals surface area contributed by atoms with Gasteiger partial charge in [0.15, 0.2) is 16.3 Å². The average Bonchev–Trinajstić information content (AvgIpc) is 3.10. The molecule has 3 aromatic rings. The zero-order valence-corrected chi connectivity index (χ0v) is 18.2. The summed E-state index contributed by atoms with van der Waals surface area (Å²) in [7, 11) is 4.33. The number of thiazole rings is 1. The molecule has 0 fully saturated rings. The number of nitrogens with zero attached hydrogens (tertiary/aromatic N) is 2. The number of carbonyl (C=O) groups is 2. The number of halogens is 1. The van der Waals surface area contributed by atoms with E-state index in [2.05, 4.69) is 4.99 Å². The van der Waals surface area contributed by atoms with E-state index in [9.17, 15) is 14.0 Å². The highest BCUT2D eigenvalue weighted by atomic mass is 32.1. The predicted octanol–water partition coefficient (Wildman–Crippen LogP) is 3.17. The normalized spacial score (nSPS) is 11.5. The molecule has 0 aliphatic rings. The summed E-state index contributed by atoms with van der Waals surface area (Å²) in [5.41, 5.74) is 0.354. The third kappa shape index (κ3) is 4.53. The number of aromatic nitrogens is 1. The van der Waals surface area contributed by atoms with Crippen molar-refractivity contribution in [2.75, 3.05) is 27.9 Å². The first-order valence-electron chi connectivity index (χ1n) is 9.26. The molecule has 1 heterocycles. The highest BCUT2D eigenvalue weighted by molar-refractivity contribution is 7.16. The van der Waals surface area contributed by atoms with Crippen LogP contribution in [-0.4, -0.2) is 44.4 Å². The number of hydrogen-bond donors (Lipinski definition) is 0. The van der Waals surface area contributed by atoms with E-state index in [1.807, 2.05) is 0 Å². The second-order valence-corrected chi connectivity index (χ2v) is 7.20. The molecule has 8 nitrogen and oxygen atoms in total. The van der Waals surface area contributed by atoms with Gasteiger partial charge in [0.05, 0.1) is 38.2 Å². The first-order valence-corrected chi connectivity index (χ1v) is 10.1. The molecule has 0 atom stereocenters. The average molecular weight is 448 g/mol. The summed E-state index contributed by atoms with van der Waals surface area (Å²) in [6.07, 6.45) is 0. The number of benzene rings is 2. The van der Waals surface area contributed by atoms with E-state index < -0.39 is 17.7 Å². The van der Waals surface area contributed by atoms with E-state index in [0.717, 1.165) is 11.3 Å². The van der Waals surface area contributed by atoms with Crippen molar-refractivity contribution in [1.29, 1.82) is 0 Å². The summed E-state index contributed by atoms with van der Waals surface area (Å²) < 4.78 is 37.2. The van der Waals surface area contributed by atoms with Crippen molar-refractivity contribution in [1.82, 2.24) is 4.57 Å². The van der Waals surface area contributed by atoms with Gasteiger partial charge in [0, 0.05) is 5.56 Å². The Bertz CT molecular complexity index is 1180. The lowest BCUT2D eigenvalue weighted by Crippen LogP contribution is -2.23. The summed E-state index contributed by atoms with van der Waals surface area (Å²) in [5, 5.41) is 0. The zero-order chi connectivity index (χ0) is 22.5. The fourth-order valence-electron chi connectivity index (χ4n) is 3.01. The molecular formula is C21H21FN2O6S. The summed E-state index contributed by atoms with van der Waals surface area (Å²) in [6, 6.07) is 7.45. The Morgan fingerprint density at radius 2 is 1.77 bits per heavy atom. The lowest BCUT2D eigenvalue weighted by molar-refractivity contribution is -0.143. The van der Waals surface area contributed by atoms with Crippen LogP contribution in [0.3, 0.4) is 0 Å². The third-order valence-corrected chi connectivity index (χ3v) is 5.40. The molecule has 3 rings (SSSR count). The number of ether oxygens (including phenoxy) is 4. The maximum absolute atomic E-state index is 14.5. The van der Waals surface area contributed by atoms with E-state index in [1.165, 1.54) is 44.1 Å². The fraction of sp³-hybridized carbons (Fsp3) is 0.286. The second kappa shape index (κ2) is 9.61. The van der Waals surface area contributed by atoms with Crippen molar-refractivity contribution in [2.45, 2.75) is 13.5 Å². The fourth-order valence-corrected chi connectivity index (χ4v) is 4.05. The van der Waals surface area contributed by atoms with E-state index in [-0.39, 0.29) is 29.0 Å². The molecule has 31 heavy (non-hydrogen) atoms. The summed E-state index contributed by atoms with van der Waals surface area (Å²) >= 11 is 1.09. The van der Waals surface area contributed by atoms with Crippen molar-refractivity contribution in [2.24, 2.45) is 4.99 Å². The number of esters is 1. The highest BCUT2D eigenvalue weighted by Crippen LogP contribution is 2.38. The molecule has 0 saturated carbocycles. The quantitative estimate of drug-likeness (QED) is 0.516. The van der Waals surface area contributed by atoms with Crippen LogP contribution < -0.4 is 19.0 Å². The lowest BCUT2D eigenvalue weighted by Gasteiger charge is -2.12. The molecule has 2 aromatic carbocycles. The van der Waals surface area contributed by atoms with Gasteiger partial charge in [-0.2, -0.15) is 4.99 Å². The Morgan fingerprint density at radius 1 is 1.10 bits per heavy atom. The van der Waals surface area contributed by atoms with Crippen molar-refractivity contribution >= 4 is 33.4 Å². The number of rotatable bonds is 7. The number of amides is 1. The number of methoxy groups -OCH3 is 3. The van der Waals surface area contributed by atoms with Crippen molar-refractivity contribution in [3.8, 4) is 17.2 Å². The summed E-state index contributed by atoms with van der Waals surface area (Å²) in [6.45, 7) is 1.57. The molecule has 1 aromatic heterocycles. The van der Waals surface area contributed by atoms with E-state index in [4.69, 9.17) is 18.9 Å². The Morgan fingerprint density at radius 3 is 2.35 bits per heavy atom. The molecule has 10 heteroatoms. The first-order chi connectivity index (χ1) is 14.9. The van der Waals surface area contributed by atoms with Crippen LogP contribution in [0.15, 0.2) is 35.3 Å². The lowest BCUT2D eigenvalue weighted by atomic mass is 10.1. The number of para-hydroxylation sites is 1. The minimum absolute atomic E-state index is 0.159. The maximum Gasteiger partial charge on any atom is 0.326 e. The van der Waals surface area contributed by atoms with Gasteiger partial charge in [0.1, 0.15) is 12.4 Å². The molecule has 0 saturated heterocycles. The molecule has 0 radical (unpaired) electrons. The van der Waals surface area contributed by atoms with Crippen molar-refractivity contribution < 1.29 is 32.9 Å². The van der Waals surface area contributed by atoms with Gasteiger partial charge in [0.2, 0.25) is 5.75 Å². The van der Waals surface area contributed by atoms with E-state index >= 15 is 0 Å². The van der Waals surface area contributed by atoms with Crippen molar-refractivity contribution in [3.05, 3.63) is 46.5 Å². The maximum atomic E-state index is 14.5. The largest absolute Gasteiger partial charge is 0.493 e.